The fraction of sp³-hybridized carbons (Fsp3) is 0.515. The normalized spacial score (nSPS) is 17.6. The summed E-state index contributed by atoms with van der Waals surface area (Å²) in [5.74, 6) is -0.121. The molecule has 3 N–H and O–H groups in total. The van der Waals surface area contributed by atoms with Gasteiger partial charge in [-0.3, -0.25) is 19.4 Å². The molecule has 12 heteroatoms. The number of allylic oxidation sites excluding steroid dienone is 1. The van der Waals surface area contributed by atoms with E-state index in [2.05, 4.69) is 27.1 Å². The molecule has 45 heavy (non-hydrogen) atoms. The minimum absolute atomic E-state index is 0.00136. The molecule has 2 aromatic rings. The van der Waals surface area contributed by atoms with Crippen molar-refractivity contribution in [1.29, 1.82) is 5.26 Å². The van der Waals surface area contributed by atoms with E-state index in [0.717, 1.165) is 62.7 Å². The second kappa shape index (κ2) is 16.8. The molecule has 1 aromatic carbocycles. The lowest BCUT2D eigenvalue weighted by Crippen LogP contribution is -2.50. The lowest BCUT2D eigenvalue weighted by molar-refractivity contribution is -0.132. The van der Waals surface area contributed by atoms with E-state index in [1.165, 1.54) is 17.5 Å². The second-order valence-electron chi connectivity index (χ2n) is 11.6. The maximum Gasteiger partial charge on any atom is 0.244 e. The number of carbonyl (C=O) groups excluding carboxylic acids is 3. The van der Waals surface area contributed by atoms with Gasteiger partial charge in [-0.05, 0) is 56.3 Å². The van der Waals surface area contributed by atoms with Gasteiger partial charge in [0.2, 0.25) is 17.7 Å². The highest BCUT2D eigenvalue weighted by molar-refractivity contribution is 7.13. The number of amides is 3. The molecule has 2 saturated heterocycles. The van der Waals surface area contributed by atoms with Crippen LogP contribution in [0.3, 0.4) is 0 Å². The van der Waals surface area contributed by atoms with E-state index in [-0.39, 0.29) is 42.6 Å². The van der Waals surface area contributed by atoms with E-state index in [1.807, 2.05) is 40.6 Å². The Kier molecular flexibility index (Phi) is 12.7. The third kappa shape index (κ3) is 9.22. The number of benzene rings is 1. The molecule has 0 saturated carbocycles. The van der Waals surface area contributed by atoms with E-state index in [4.69, 9.17) is 11.0 Å². The fourth-order valence-electron chi connectivity index (χ4n) is 6.16. The highest BCUT2D eigenvalue weighted by atomic mass is 32.1. The first-order valence-corrected chi connectivity index (χ1v) is 16.6. The van der Waals surface area contributed by atoms with Crippen molar-refractivity contribution in [3.8, 4) is 6.07 Å². The molecule has 0 aliphatic carbocycles. The maximum atomic E-state index is 12.9. The molecule has 4 rings (SSSR count). The largest absolute Gasteiger partial charge is 0.404 e. The molecule has 1 aromatic heterocycles. The molecular weight excluding hydrogens is 588 g/mol. The Labute approximate surface area is 269 Å². The Hall–Kier alpha value is -4.08. The molecule has 2 aliphatic heterocycles. The number of carbonyl (C=O) groups is 3. The van der Waals surface area contributed by atoms with Crippen LogP contribution in [-0.2, 0) is 14.4 Å². The number of thiazole rings is 1. The molecule has 240 valence electrons. The number of nitrogens with zero attached hydrogens (tertiary/aromatic N) is 6. The van der Waals surface area contributed by atoms with Crippen LogP contribution in [0.25, 0.3) is 5.57 Å². The SMILES string of the molecule is CCCC(c1ccc(/C(C=NCC(=O)N2CCC(N3CCC(C(=O)Nc4nccs4)CC3)CC2)=C/N)cc1)N(C)C(=O)CC#N. The topological polar surface area (TPSA) is 148 Å². The lowest BCUT2D eigenvalue weighted by Gasteiger charge is -2.41. The lowest BCUT2D eigenvalue weighted by atomic mass is 9.93. The number of aliphatic imine (C=N–C) groups is 1. The van der Waals surface area contributed by atoms with E-state index >= 15 is 0 Å². The highest BCUT2D eigenvalue weighted by Crippen LogP contribution is 2.27. The van der Waals surface area contributed by atoms with Crippen molar-refractivity contribution in [2.24, 2.45) is 16.6 Å². The predicted molar refractivity (Wildman–Crippen MR) is 177 cm³/mol. The molecule has 11 nitrogen and oxygen atoms in total. The Morgan fingerprint density at radius 1 is 1.18 bits per heavy atom. The van der Waals surface area contributed by atoms with Crippen molar-refractivity contribution >= 4 is 46.0 Å². The minimum Gasteiger partial charge on any atom is -0.404 e. The Morgan fingerprint density at radius 3 is 2.49 bits per heavy atom. The Balaban J connectivity index is 1.22. The van der Waals surface area contributed by atoms with E-state index < -0.39 is 0 Å². The zero-order valence-electron chi connectivity index (χ0n) is 26.2. The first-order chi connectivity index (χ1) is 21.8. The van der Waals surface area contributed by atoms with E-state index in [9.17, 15) is 14.4 Å². The summed E-state index contributed by atoms with van der Waals surface area (Å²) < 4.78 is 0. The van der Waals surface area contributed by atoms with E-state index in [0.29, 0.717) is 29.8 Å². The van der Waals surface area contributed by atoms with Gasteiger partial charge in [-0.15, -0.1) is 11.3 Å². The van der Waals surface area contributed by atoms with Crippen molar-refractivity contribution in [2.75, 3.05) is 45.1 Å². The van der Waals surface area contributed by atoms with Crippen LogP contribution in [0.15, 0.2) is 47.0 Å². The van der Waals surface area contributed by atoms with Crippen molar-refractivity contribution < 1.29 is 14.4 Å². The van der Waals surface area contributed by atoms with Crippen molar-refractivity contribution in [3.63, 3.8) is 0 Å². The number of aromatic nitrogens is 1. The second-order valence-corrected chi connectivity index (χ2v) is 12.5. The molecule has 0 bridgehead atoms. The van der Waals surface area contributed by atoms with Crippen molar-refractivity contribution in [1.82, 2.24) is 19.7 Å². The number of nitriles is 1. The molecule has 0 spiro atoms. The van der Waals surface area contributed by atoms with Gasteiger partial charge in [0, 0.05) is 61.7 Å². The number of piperidine rings is 2. The number of likely N-dealkylation sites (tertiary alicyclic amines) is 2. The van der Waals surface area contributed by atoms with Gasteiger partial charge in [0.05, 0.1) is 12.1 Å². The summed E-state index contributed by atoms with van der Waals surface area (Å²) in [6, 6.07) is 10.1. The quantitative estimate of drug-likeness (QED) is 0.335. The van der Waals surface area contributed by atoms with Gasteiger partial charge in [0.25, 0.3) is 0 Å². The standard InChI is InChI=1S/C33H44N8O3S/c1-3-4-29(39(2)30(42)9-14-34)25-7-5-24(6-8-25)27(21-35)22-36-23-31(43)41-18-12-28(13-19-41)40-16-10-26(11-17-40)32(44)38-33-37-15-20-45-33/h5-8,15,20-22,26,28-29H,3-4,9-13,16-19,23,35H2,1-2H3,(H,37,38,44)/b27-21+,36-22?. The van der Waals surface area contributed by atoms with Crippen LogP contribution < -0.4 is 11.1 Å². The number of anilines is 1. The number of rotatable bonds is 12. The maximum absolute atomic E-state index is 12.9. The summed E-state index contributed by atoms with van der Waals surface area (Å²) in [5, 5.41) is 14.3. The fourth-order valence-corrected chi connectivity index (χ4v) is 6.69. The molecule has 3 amide bonds. The monoisotopic (exact) mass is 632 g/mol. The first kappa shape index (κ1) is 33.8. The predicted octanol–water partition coefficient (Wildman–Crippen LogP) is 4.07. The average Bonchev–Trinajstić information content (AvgIpc) is 3.59. The van der Waals surface area contributed by atoms with Crippen molar-refractivity contribution in [3.05, 3.63) is 53.2 Å². The van der Waals surface area contributed by atoms with E-state index in [1.54, 1.807) is 24.4 Å². The van der Waals surface area contributed by atoms with Crippen LogP contribution in [0.1, 0.15) is 69.0 Å². The zero-order chi connectivity index (χ0) is 32.2. The number of nitrogens with one attached hydrogen (secondary N) is 1. The van der Waals surface area contributed by atoms with Gasteiger partial charge < -0.3 is 25.8 Å². The van der Waals surface area contributed by atoms with Crippen LogP contribution in [-0.4, -0.2) is 89.4 Å². The third-order valence-electron chi connectivity index (χ3n) is 8.81. The van der Waals surface area contributed by atoms with Gasteiger partial charge in [-0.25, -0.2) is 4.98 Å². The smallest absolute Gasteiger partial charge is 0.244 e. The summed E-state index contributed by atoms with van der Waals surface area (Å²) >= 11 is 1.43. The zero-order valence-corrected chi connectivity index (χ0v) is 27.0. The average molecular weight is 633 g/mol. The van der Waals surface area contributed by atoms with Gasteiger partial charge in [-0.2, -0.15) is 5.26 Å². The Bertz CT molecular complexity index is 1370. The number of hydrogen-bond acceptors (Lipinski definition) is 9. The van der Waals surface area contributed by atoms with Crippen LogP contribution in [0, 0.1) is 17.2 Å². The molecule has 1 atom stereocenters. The van der Waals surface area contributed by atoms with Crippen LogP contribution >= 0.6 is 11.3 Å². The molecular formula is C33H44N8O3S. The van der Waals surface area contributed by atoms with Gasteiger partial charge in [-0.1, -0.05) is 37.6 Å². The Morgan fingerprint density at radius 2 is 1.89 bits per heavy atom. The minimum atomic E-state index is -0.196. The molecule has 1 unspecified atom stereocenters. The number of nitrogens with two attached hydrogens (primary N) is 1. The van der Waals surface area contributed by atoms with Crippen molar-refractivity contribution in [2.45, 2.75) is 64.0 Å². The van der Waals surface area contributed by atoms with Gasteiger partial charge in [0.1, 0.15) is 13.0 Å². The van der Waals surface area contributed by atoms with Crippen LogP contribution in [0.5, 0.6) is 0 Å². The first-order valence-electron chi connectivity index (χ1n) is 15.7. The van der Waals surface area contributed by atoms with Gasteiger partial charge >= 0.3 is 0 Å². The molecule has 3 heterocycles. The highest BCUT2D eigenvalue weighted by Gasteiger charge is 2.32. The third-order valence-corrected chi connectivity index (χ3v) is 9.50. The summed E-state index contributed by atoms with van der Waals surface area (Å²) in [4.78, 5) is 52.4. The summed E-state index contributed by atoms with van der Waals surface area (Å²) in [7, 11) is 1.74. The van der Waals surface area contributed by atoms with Crippen LogP contribution in [0.4, 0.5) is 5.13 Å². The molecule has 2 fully saturated rings. The molecule has 0 radical (unpaired) electrons. The summed E-state index contributed by atoms with van der Waals surface area (Å²) in [6.07, 6.45) is 9.87. The summed E-state index contributed by atoms with van der Waals surface area (Å²) in [5.41, 5.74) is 8.47. The molecule has 2 aliphatic rings. The number of hydrogen-bond donors (Lipinski definition) is 2. The van der Waals surface area contributed by atoms with Gasteiger partial charge in [0.15, 0.2) is 5.13 Å². The summed E-state index contributed by atoms with van der Waals surface area (Å²) in [6.45, 7) is 5.32. The van der Waals surface area contributed by atoms with Crippen LogP contribution in [0.2, 0.25) is 0 Å².